The topological polar surface area (TPSA) is 88.7 Å². The van der Waals surface area contributed by atoms with Gasteiger partial charge in [-0.25, -0.2) is 4.98 Å². The van der Waals surface area contributed by atoms with Gasteiger partial charge in [-0.05, 0) is 25.2 Å². The second kappa shape index (κ2) is 6.93. The number of allylic oxidation sites excluding steroid dienone is 1. The zero-order valence-corrected chi connectivity index (χ0v) is 14.5. The van der Waals surface area contributed by atoms with Gasteiger partial charge in [0.1, 0.15) is 11.6 Å². The van der Waals surface area contributed by atoms with Crippen molar-refractivity contribution < 1.29 is 9.21 Å². The number of hydrogen-bond acceptors (Lipinski definition) is 6. The molecule has 3 rings (SSSR count). The molecule has 0 aromatic carbocycles. The lowest BCUT2D eigenvalue weighted by atomic mass is 10.2. The van der Waals surface area contributed by atoms with E-state index in [1.165, 1.54) is 17.6 Å². The molecule has 0 fully saturated rings. The second-order valence-electron chi connectivity index (χ2n) is 5.01. The number of anilines is 1. The Labute approximate surface area is 147 Å². The fraction of sp³-hybridized carbons (Fsp3) is 0.200. The molecule has 0 bridgehead atoms. The van der Waals surface area contributed by atoms with Gasteiger partial charge in [-0.2, -0.15) is 5.10 Å². The first-order chi connectivity index (χ1) is 11.6. The van der Waals surface area contributed by atoms with Crippen LogP contribution in [-0.4, -0.2) is 25.7 Å². The van der Waals surface area contributed by atoms with Crippen LogP contribution in [0, 0.1) is 11.7 Å². The highest BCUT2D eigenvalue weighted by atomic mass is 32.1. The Morgan fingerprint density at radius 3 is 3.17 bits per heavy atom. The minimum Gasteiger partial charge on any atom is -0.469 e. The van der Waals surface area contributed by atoms with Crippen LogP contribution in [0.25, 0.3) is 0 Å². The number of hydrogen-bond donors (Lipinski definition) is 2. The first-order valence-corrected chi connectivity index (χ1v) is 8.42. The molecule has 9 heteroatoms. The van der Waals surface area contributed by atoms with Crippen LogP contribution in [0.4, 0.5) is 5.13 Å². The summed E-state index contributed by atoms with van der Waals surface area (Å²) in [6, 6.07) is 1.63. The molecular formula is C15H15N5O2S2. The lowest BCUT2D eigenvalue weighted by Gasteiger charge is -2.02. The largest absolute Gasteiger partial charge is 0.469 e. The van der Waals surface area contributed by atoms with Crippen LogP contribution >= 0.6 is 23.6 Å². The maximum atomic E-state index is 12.2. The van der Waals surface area contributed by atoms with Gasteiger partial charge in [0.25, 0.3) is 5.91 Å². The van der Waals surface area contributed by atoms with Crippen LogP contribution in [-0.2, 0) is 13.0 Å². The van der Waals surface area contributed by atoms with Crippen molar-refractivity contribution in [1.29, 1.82) is 0 Å². The minimum absolute atomic E-state index is 0.239. The highest BCUT2D eigenvalue weighted by Gasteiger charge is 2.14. The lowest BCUT2D eigenvalue weighted by Crippen LogP contribution is -2.12. The Bertz CT molecular complexity index is 934. The van der Waals surface area contributed by atoms with E-state index >= 15 is 0 Å². The molecule has 1 amide bonds. The molecule has 0 radical (unpaired) electrons. The summed E-state index contributed by atoms with van der Waals surface area (Å²) in [4.78, 5) is 16.6. The molecular weight excluding hydrogens is 346 g/mol. The van der Waals surface area contributed by atoms with Gasteiger partial charge < -0.3 is 4.42 Å². The number of thiazole rings is 1. The van der Waals surface area contributed by atoms with E-state index in [0.29, 0.717) is 34.2 Å². The summed E-state index contributed by atoms with van der Waals surface area (Å²) in [6.07, 6.45) is 3.76. The monoisotopic (exact) mass is 361 g/mol. The molecule has 0 aliphatic heterocycles. The van der Waals surface area contributed by atoms with Gasteiger partial charge in [0.15, 0.2) is 9.90 Å². The molecule has 0 unspecified atom stereocenters. The Balaban J connectivity index is 1.72. The van der Waals surface area contributed by atoms with E-state index in [1.807, 2.05) is 9.95 Å². The smallest absolute Gasteiger partial charge is 0.260 e. The molecule has 124 valence electrons. The number of nitrogens with one attached hydrogen (secondary N) is 2. The number of carbonyl (C=O) groups is 1. The Morgan fingerprint density at radius 1 is 1.62 bits per heavy atom. The third kappa shape index (κ3) is 3.36. The van der Waals surface area contributed by atoms with Crippen LogP contribution in [0.3, 0.4) is 0 Å². The van der Waals surface area contributed by atoms with Crippen LogP contribution in [0.5, 0.6) is 0 Å². The Kier molecular flexibility index (Phi) is 4.72. The zero-order chi connectivity index (χ0) is 17.1. The van der Waals surface area contributed by atoms with Gasteiger partial charge in [-0.1, -0.05) is 6.08 Å². The molecule has 0 aliphatic carbocycles. The van der Waals surface area contributed by atoms with E-state index in [9.17, 15) is 4.79 Å². The number of furan rings is 1. The van der Waals surface area contributed by atoms with E-state index in [2.05, 4.69) is 27.1 Å². The van der Waals surface area contributed by atoms with Crippen LogP contribution in [0.2, 0.25) is 0 Å². The predicted octanol–water partition coefficient (Wildman–Crippen LogP) is 3.33. The number of carbonyl (C=O) groups excluding carboxylic acids is 1. The van der Waals surface area contributed by atoms with E-state index < -0.39 is 0 Å². The normalized spacial score (nSPS) is 10.7. The summed E-state index contributed by atoms with van der Waals surface area (Å²) in [5.41, 5.74) is 1.30. The fourth-order valence-corrected chi connectivity index (χ4v) is 3.13. The SMILES string of the molecule is C=CCn1c(Cc2csc(NC(=O)c3ccoc3C)n2)n[nH]c1=S. The quantitative estimate of drug-likeness (QED) is 0.519. The molecule has 0 spiro atoms. The number of nitrogens with zero attached hydrogens (tertiary/aromatic N) is 3. The van der Waals surface area contributed by atoms with Crippen molar-refractivity contribution in [3.63, 3.8) is 0 Å². The molecule has 3 aromatic heterocycles. The number of aromatic nitrogens is 4. The summed E-state index contributed by atoms with van der Waals surface area (Å²) in [5.74, 6) is 1.11. The Hall–Kier alpha value is -2.52. The van der Waals surface area contributed by atoms with Gasteiger partial charge >= 0.3 is 0 Å². The average Bonchev–Trinajstić information content (AvgIpc) is 3.25. The predicted molar refractivity (Wildman–Crippen MR) is 93.9 cm³/mol. The molecule has 0 atom stereocenters. The van der Waals surface area contributed by atoms with Crippen molar-refractivity contribution in [1.82, 2.24) is 19.7 Å². The summed E-state index contributed by atoms with van der Waals surface area (Å²) in [6.45, 7) is 6.04. The van der Waals surface area contributed by atoms with Crippen molar-refractivity contribution >= 4 is 34.6 Å². The summed E-state index contributed by atoms with van der Waals surface area (Å²) >= 11 is 6.55. The van der Waals surface area contributed by atoms with E-state index in [1.54, 1.807) is 19.1 Å². The zero-order valence-electron chi connectivity index (χ0n) is 12.9. The molecule has 0 saturated carbocycles. The highest BCUT2D eigenvalue weighted by molar-refractivity contribution is 7.71. The van der Waals surface area contributed by atoms with E-state index in [-0.39, 0.29) is 5.91 Å². The number of aromatic amines is 1. The van der Waals surface area contributed by atoms with Crippen LogP contribution in [0.15, 0.2) is 34.8 Å². The van der Waals surface area contributed by atoms with Crippen molar-refractivity contribution in [3.8, 4) is 0 Å². The molecule has 2 N–H and O–H groups in total. The number of H-pyrrole nitrogens is 1. The molecule has 7 nitrogen and oxygen atoms in total. The third-order valence-corrected chi connectivity index (χ3v) is 4.48. The van der Waals surface area contributed by atoms with Crippen molar-refractivity contribution in [2.24, 2.45) is 0 Å². The first kappa shape index (κ1) is 16.3. The maximum Gasteiger partial charge on any atom is 0.260 e. The third-order valence-electron chi connectivity index (χ3n) is 3.36. The molecule has 3 aromatic rings. The fourth-order valence-electron chi connectivity index (χ4n) is 2.20. The second-order valence-corrected chi connectivity index (χ2v) is 6.25. The standard InChI is InChI=1S/C15H15N5O2S2/c1-3-5-20-12(18-19-15(20)23)7-10-8-24-14(16-10)17-13(21)11-4-6-22-9(11)2/h3-4,6,8H,1,5,7H2,2H3,(H,19,23)(H,16,17,21). The van der Waals surface area contributed by atoms with Gasteiger partial charge in [0.2, 0.25) is 0 Å². The minimum atomic E-state index is -0.239. The summed E-state index contributed by atoms with van der Waals surface area (Å²) in [7, 11) is 0. The number of rotatable bonds is 6. The van der Waals surface area contributed by atoms with E-state index in [0.717, 1.165) is 11.5 Å². The average molecular weight is 361 g/mol. The van der Waals surface area contributed by atoms with Gasteiger partial charge in [-0.15, -0.1) is 17.9 Å². The van der Waals surface area contributed by atoms with Gasteiger partial charge in [-0.3, -0.25) is 19.8 Å². The number of aryl methyl sites for hydroxylation is 1. The molecule has 24 heavy (non-hydrogen) atoms. The first-order valence-electron chi connectivity index (χ1n) is 7.13. The van der Waals surface area contributed by atoms with Crippen molar-refractivity contribution in [2.75, 3.05) is 5.32 Å². The van der Waals surface area contributed by atoms with Crippen LogP contribution < -0.4 is 5.32 Å². The lowest BCUT2D eigenvalue weighted by molar-refractivity contribution is 0.102. The Morgan fingerprint density at radius 2 is 2.46 bits per heavy atom. The number of amides is 1. The van der Waals surface area contributed by atoms with Gasteiger partial charge in [0, 0.05) is 11.9 Å². The van der Waals surface area contributed by atoms with Gasteiger partial charge in [0.05, 0.1) is 23.9 Å². The molecule has 0 aliphatic rings. The highest BCUT2D eigenvalue weighted by Crippen LogP contribution is 2.19. The molecule has 0 saturated heterocycles. The van der Waals surface area contributed by atoms with Crippen molar-refractivity contribution in [2.45, 2.75) is 19.9 Å². The van der Waals surface area contributed by atoms with Crippen LogP contribution in [0.1, 0.15) is 27.6 Å². The van der Waals surface area contributed by atoms with E-state index in [4.69, 9.17) is 16.6 Å². The van der Waals surface area contributed by atoms with Crippen molar-refractivity contribution in [3.05, 3.63) is 58.0 Å². The maximum absolute atomic E-state index is 12.2. The molecule has 3 heterocycles. The summed E-state index contributed by atoms with van der Waals surface area (Å²) in [5, 5.41) is 12.2. The summed E-state index contributed by atoms with van der Waals surface area (Å²) < 4.78 is 7.54.